The normalized spacial score (nSPS) is 12.8. The second-order valence-electron chi connectivity index (χ2n) is 4.38. The number of halogens is 1. The number of carbonyl (C=O) groups excluding carboxylic acids is 1. The summed E-state index contributed by atoms with van der Waals surface area (Å²) in [5.41, 5.74) is 2.22. The van der Waals surface area contributed by atoms with Gasteiger partial charge < -0.3 is 4.79 Å². The van der Waals surface area contributed by atoms with Crippen LogP contribution in [0.2, 0.25) is 0 Å². The number of Topliss-reactive ketones (excluding diaryl/α,β-unsaturated/α-hetero) is 1. The molecule has 0 saturated heterocycles. The summed E-state index contributed by atoms with van der Waals surface area (Å²) >= 11 is 3.57. The first-order valence-corrected chi connectivity index (χ1v) is 6.46. The van der Waals surface area contributed by atoms with Crippen LogP contribution in [0.3, 0.4) is 0 Å². The highest BCUT2D eigenvalue weighted by Crippen LogP contribution is 2.24. The highest BCUT2D eigenvalue weighted by molar-refractivity contribution is 9.10. The molecular formula is C12H19BrN2O. The number of ketones is 1. The fraction of sp³-hybridized carbons (Fsp3) is 0.667. The van der Waals surface area contributed by atoms with Gasteiger partial charge in [0.05, 0.1) is 15.9 Å². The van der Waals surface area contributed by atoms with E-state index in [2.05, 4.69) is 34.9 Å². The van der Waals surface area contributed by atoms with E-state index in [1.54, 1.807) is 6.92 Å². The monoisotopic (exact) mass is 286 g/mol. The van der Waals surface area contributed by atoms with Crippen LogP contribution in [0.4, 0.5) is 0 Å². The van der Waals surface area contributed by atoms with Crippen molar-refractivity contribution in [3.8, 4) is 0 Å². The lowest BCUT2D eigenvalue weighted by Crippen LogP contribution is -2.10. The zero-order valence-corrected chi connectivity index (χ0v) is 12.0. The van der Waals surface area contributed by atoms with Gasteiger partial charge in [0.1, 0.15) is 5.78 Å². The molecule has 0 aromatic carbocycles. The third kappa shape index (κ3) is 3.17. The van der Waals surface area contributed by atoms with Crippen LogP contribution < -0.4 is 0 Å². The SMILES string of the molecule is CCn1nc(C)c(Br)c1CC(C)CC(C)=O. The Balaban J connectivity index is 2.83. The lowest BCUT2D eigenvalue weighted by molar-refractivity contribution is -0.117. The van der Waals surface area contributed by atoms with Gasteiger partial charge in [-0.2, -0.15) is 5.10 Å². The molecule has 1 aromatic rings. The van der Waals surface area contributed by atoms with Gasteiger partial charge in [0.25, 0.3) is 0 Å². The molecule has 90 valence electrons. The van der Waals surface area contributed by atoms with E-state index in [0.717, 1.165) is 23.1 Å². The zero-order chi connectivity index (χ0) is 12.3. The fourth-order valence-electron chi connectivity index (χ4n) is 1.96. The van der Waals surface area contributed by atoms with E-state index in [0.29, 0.717) is 12.3 Å². The van der Waals surface area contributed by atoms with E-state index >= 15 is 0 Å². The third-order valence-corrected chi connectivity index (χ3v) is 3.66. The Kier molecular flexibility index (Phi) is 4.71. The van der Waals surface area contributed by atoms with Gasteiger partial charge in [-0.05, 0) is 49.0 Å². The molecule has 3 nitrogen and oxygen atoms in total. The Morgan fingerprint density at radius 2 is 2.19 bits per heavy atom. The minimum Gasteiger partial charge on any atom is -0.300 e. The number of hydrogen-bond donors (Lipinski definition) is 0. The summed E-state index contributed by atoms with van der Waals surface area (Å²) in [5, 5.41) is 4.45. The Bertz CT molecular complexity index is 385. The van der Waals surface area contributed by atoms with Crippen LogP contribution in [0, 0.1) is 12.8 Å². The van der Waals surface area contributed by atoms with Gasteiger partial charge in [0, 0.05) is 13.0 Å². The van der Waals surface area contributed by atoms with Gasteiger partial charge in [0.15, 0.2) is 0 Å². The van der Waals surface area contributed by atoms with Gasteiger partial charge in [-0.15, -0.1) is 0 Å². The summed E-state index contributed by atoms with van der Waals surface area (Å²) in [5.74, 6) is 0.623. The summed E-state index contributed by atoms with van der Waals surface area (Å²) in [7, 11) is 0. The van der Waals surface area contributed by atoms with Crippen molar-refractivity contribution >= 4 is 21.7 Å². The molecule has 1 atom stereocenters. The first-order valence-electron chi connectivity index (χ1n) is 5.66. The van der Waals surface area contributed by atoms with Crippen LogP contribution in [0.25, 0.3) is 0 Å². The van der Waals surface area contributed by atoms with E-state index in [4.69, 9.17) is 0 Å². The molecule has 0 amide bonds. The largest absolute Gasteiger partial charge is 0.300 e. The summed E-state index contributed by atoms with van der Waals surface area (Å²) < 4.78 is 3.10. The molecule has 0 fully saturated rings. The lowest BCUT2D eigenvalue weighted by Gasteiger charge is -2.11. The average Bonchev–Trinajstić information content (AvgIpc) is 2.44. The van der Waals surface area contributed by atoms with Crippen LogP contribution in [0.15, 0.2) is 4.47 Å². The predicted molar refractivity (Wildman–Crippen MR) is 68.5 cm³/mol. The number of nitrogens with zero attached hydrogens (tertiary/aromatic N) is 2. The maximum absolute atomic E-state index is 11.1. The third-order valence-electron chi connectivity index (χ3n) is 2.63. The molecular weight excluding hydrogens is 268 g/mol. The van der Waals surface area contributed by atoms with E-state index in [-0.39, 0.29) is 5.78 Å². The molecule has 0 radical (unpaired) electrons. The molecule has 1 aromatic heterocycles. The number of carbonyl (C=O) groups is 1. The second-order valence-corrected chi connectivity index (χ2v) is 5.17. The maximum Gasteiger partial charge on any atom is 0.130 e. The van der Waals surface area contributed by atoms with Crippen molar-refractivity contribution in [3.63, 3.8) is 0 Å². The quantitative estimate of drug-likeness (QED) is 0.834. The highest BCUT2D eigenvalue weighted by atomic mass is 79.9. The molecule has 16 heavy (non-hydrogen) atoms. The van der Waals surface area contributed by atoms with E-state index in [9.17, 15) is 4.79 Å². The number of hydrogen-bond acceptors (Lipinski definition) is 2. The average molecular weight is 287 g/mol. The van der Waals surface area contributed by atoms with Gasteiger partial charge in [-0.3, -0.25) is 4.68 Å². The second kappa shape index (κ2) is 5.62. The van der Waals surface area contributed by atoms with Gasteiger partial charge in [-0.25, -0.2) is 0 Å². The molecule has 0 N–H and O–H groups in total. The molecule has 4 heteroatoms. The van der Waals surface area contributed by atoms with Crippen molar-refractivity contribution in [3.05, 3.63) is 15.9 Å². The van der Waals surface area contributed by atoms with Crippen molar-refractivity contribution in [1.29, 1.82) is 0 Å². The molecule has 1 unspecified atom stereocenters. The van der Waals surface area contributed by atoms with Crippen LogP contribution >= 0.6 is 15.9 Å². The van der Waals surface area contributed by atoms with E-state index in [1.165, 1.54) is 5.69 Å². The molecule has 1 rings (SSSR count). The molecule has 0 spiro atoms. The summed E-state index contributed by atoms with van der Waals surface area (Å²) in [6.07, 6.45) is 1.54. The molecule has 0 aliphatic heterocycles. The lowest BCUT2D eigenvalue weighted by atomic mass is 9.99. The first-order chi connectivity index (χ1) is 7.45. The maximum atomic E-state index is 11.1. The Morgan fingerprint density at radius 3 is 2.69 bits per heavy atom. The topological polar surface area (TPSA) is 34.9 Å². The van der Waals surface area contributed by atoms with E-state index in [1.807, 2.05) is 11.6 Å². The predicted octanol–water partition coefficient (Wildman–Crippen LogP) is 3.13. The standard InChI is InChI=1S/C12H19BrN2O/c1-5-15-11(12(13)10(4)14-15)7-8(2)6-9(3)16/h8H,5-7H2,1-4H3. The first kappa shape index (κ1) is 13.4. The van der Waals surface area contributed by atoms with Gasteiger partial charge >= 0.3 is 0 Å². The molecule has 0 bridgehead atoms. The molecule has 1 heterocycles. The molecule has 0 saturated carbocycles. The summed E-state index contributed by atoms with van der Waals surface area (Å²) in [6, 6.07) is 0. The van der Waals surface area contributed by atoms with Crippen LogP contribution in [-0.4, -0.2) is 15.6 Å². The van der Waals surface area contributed by atoms with Crippen molar-refractivity contribution in [2.75, 3.05) is 0 Å². The van der Waals surface area contributed by atoms with Crippen molar-refractivity contribution < 1.29 is 4.79 Å². The number of aryl methyl sites for hydroxylation is 2. The Hall–Kier alpha value is -0.640. The van der Waals surface area contributed by atoms with Gasteiger partial charge in [-0.1, -0.05) is 6.92 Å². The number of aromatic nitrogens is 2. The summed E-state index contributed by atoms with van der Waals surface area (Å²) in [6.45, 7) is 8.70. The minimum absolute atomic E-state index is 0.253. The van der Waals surface area contributed by atoms with Crippen LogP contribution in [0.1, 0.15) is 38.6 Å². The highest BCUT2D eigenvalue weighted by Gasteiger charge is 2.15. The van der Waals surface area contributed by atoms with Crippen molar-refractivity contribution in [1.82, 2.24) is 9.78 Å². The van der Waals surface area contributed by atoms with Crippen LogP contribution in [-0.2, 0) is 17.8 Å². The Morgan fingerprint density at radius 1 is 1.56 bits per heavy atom. The van der Waals surface area contributed by atoms with Crippen molar-refractivity contribution in [2.24, 2.45) is 5.92 Å². The minimum atomic E-state index is 0.253. The molecule has 0 aliphatic rings. The van der Waals surface area contributed by atoms with Gasteiger partial charge in [0.2, 0.25) is 0 Å². The molecule has 0 aliphatic carbocycles. The zero-order valence-electron chi connectivity index (χ0n) is 10.4. The number of rotatable bonds is 5. The van der Waals surface area contributed by atoms with Crippen molar-refractivity contribution in [2.45, 2.75) is 47.1 Å². The summed E-state index contributed by atoms with van der Waals surface area (Å²) in [4.78, 5) is 11.1. The fourth-order valence-corrected chi connectivity index (χ4v) is 2.40. The van der Waals surface area contributed by atoms with Crippen LogP contribution in [0.5, 0.6) is 0 Å². The van der Waals surface area contributed by atoms with E-state index < -0.39 is 0 Å². The Labute approximate surface area is 105 Å². The smallest absolute Gasteiger partial charge is 0.130 e.